The Labute approximate surface area is 171 Å². The lowest BCUT2D eigenvalue weighted by molar-refractivity contribution is -0.137. The molecule has 0 aliphatic carbocycles. The van der Waals surface area contributed by atoms with Crippen molar-refractivity contribution in [3.05, 3.63) is 55.7 Å². The van der Waals surface area contributed by atoms with Crippen molar-refractivity contribution in [2.75, 3.05) is 13.1 Å². The smallest absolute Gasteiger partial charge is 0.304 e. The zero-order valence-electron chi connectivity index (χ0n) is 15.2. The Balaban J connectivity index is 1.74. The standard InChI is InChI=1S/C20H21ClN2O4S/c21-13-3-1-12(2-4-13)9-14(24)10-16-19(20(22)27)15-5-7-23(8-6-18(25)26)11-17(15)28-16/h1-4H,5-11H2,(H2,22,27)(H,25,26). The lowest BCUT2D eigenvalue weighted by Gasteiger charge is -2.26. The number of hydrogen-bond donors (Lipinski definition) is 2. The highest BCUT2D eigenvalue weighted by Crippen LogP contribution is 2.33. The summed E-state index contributed by atoms with van der Waals surface area (Å²) in [5.41, 5.74) is 7.87. The topological polar surface area (TPSA) is 101 Å². The molecule has 1 amide bonds. The van der Waals surface area contributed by atoms with Crippen LogP contribution in [-0.4, -0.2) is 40.8 Å². The molecule has 0 radical (unpaired) electrons. The summed E-state index contributed by atoms with van der Waals surface area (Å²) in [6.07, 6.45) is 1.14. The van der Waals surface area contributed by atoms with Crippen LogP contribution in [-0.2, 0) is 35.4 Å². The molecule has 6 nitrogen and oxygen atoms in total. The number of carbonyl (C=O) groups excluding carboxylic acids is 2. The third-order valence-corrected chi connectivity index (χ3v) is 6.24. The minimum atomic E-state index is -0.830. The highest BCUT2D eigenvalue weighted by atomic mass is 35.5. The van der Waals surface area contributed by atoms with Gasteiger partial charge in [0.2, 0.25) is 5.91 Å². The number of halogens is 1. The summed E-state index contributed by atoms with van der Waals surface area (Å²) in [6, 6.07) is 7.12. The van der Waals surface area contributed by atoms with Crippen molar-refractivity contribution in [3.63, 3.8) is 0 Å². The monoisotopic (exact) mass is 420 g/mol. The van der Waals surface area contributed by atoms with E-state index < -0.39 is 11.9 Å². The van der Waals surface area contributed by atoms with Crippen LogP contribution in [0.3, 0.4) is 0 Å². The minimum absolute atomic E-state index is 0.00570. The summed E-state index contributed by atoms with van der Waals surface area (Å²) >= 11 is 7.31. The number of fused-ring (bicyclic) bond motifs is 1. The fourth-order valence-electron chi connectivity index (χ4n) is 3.44. The first-order valence-electron chi connectivity index (χ1n) is 8.97. The van der Waals surface area contributed by atoms with Gasteiger partial charge in [-0.1, -0.05) is 23.7 Å². The molecule has 2 heterocycles. The second-order valence-corrected chi connectivity index (χ2v) is 8.48. The van der Waals surface area contributed by atoms with Crippen molar-refractivity contribution in [2.24, 2.45) is 5.73 Å². The van der Waals surface area contributed by atoms with Crippen LogP contribution in [0.4, 0.5) is 0 Å². The van der Waals surface area contributed by atoms with Gasteiger partial charge < -0.3 is 10.8 Å². The lowest BCUT2D eigenvalue weighted by atomic mass is 9.98. The molecule has 8 heteroatoms. The summed E-state index contributed by atoms with van der Waals surface area (Å²) in [6.45, 7) is 1.72. The molecule has 0 saturated heterocycles. The number of aliphatic carboxylic acids is 1. The number of ketones is 1. The van der Waals surface area contributed by atoms with E-state index in [1.165, 1.54) is 11.3 Å². The maximum Gasteiger partial charge on any atom is 0.304 e. The van der Waals surface area contributed by atoms with Crippen LogP contribution in [0.2, 0.25) is 5.02 Å². The molecule has 28 heavy (non-hydrogen) atoms. The molecule has 0 unspecified atom stereocenters. The van der Waals surface area contributed by atoms with Gasteiger partial charge in [-0.25, -0.2) is 0 Å². The van der Waals surface area contributed by atoms with Crippen LogP contribution < -0.4 is 5.73 Å². The number of amides is 1. The fraction of sp³-hybridized carbons (Fsp3) is 0.350. The summed E-state index contributed by atoms with van der Waals surface area (Å²) in [4.78, 5) is 39.1. The number of carboxylic acid groups (broad SMARTS) is 1. The molecule has 0 bridgehead atoms. The van der Waals surface area contributed by atoms with Gasteiger partial charge in [0.1, 0.15) is 5.78 Å². The maximum atomic E-state index is 12.5. The van der Waals surface area contributed by atoms with Gasteiger partial charge in [-0.05, 0) is 29.7 Å². The minimum Gasteiger partial charge on any atom is -0.481 e. The third-order valence-electron chi connectivity index (χ3n) is 4.77. The second kappa shape index (κ2) is 8.86. The normalized spacial score (nSPS) is 13.9. The highest BCUT2D eigenvalue weighted by molar-refractivity contribution is 7.12. The van der Waals surface area contributed by atoms with Crippen molar-refractivity contribution in [3.8, 4) is 0 Å². The summed E-state index contributed by atoms with van der Waals surface area (Å²) in [7, 11) is 0. The van der Waals surface area contributed by atoms with E-state index in [1.807, 2.05) is 12.1 Å². The van der Waals surface area contributed by atoms with Crippen LogP contribution >= 0.6 is 22.9 Å². The zero-order valence-corrected chi connectivity index (χ0v) is 16.8. The molecule has 1 aromatic carbocycles. The lowest BCUT2D eigenvalue weighted by Crippen LogP contribution is -2.32. The molecule has 3 rings (SSSR count). The molecular weight excluding hydrogens is 400 g/mol. The Kier molecular flexibility index (Phi) is 6.49. The Hall–Kier alpha value is -2.22. The Morgan fingerprint density at radius 1 is 1.18 bits per heavy atom. The van der Waals surface area contributed by atoms with Crippen LogP contribution in [0.1, 0.15) is 37.7 Å². The Morgan fingerprint density at radius 2 is 1.89 bits per heavy atom. The molecule has 2 aromatic rings. The molecule has 3 N–H and O–H groups in total. The van der Waals surface area contributed by atoms with Gasteiger partial charge in [-0.3, -0.25) is 19.3 Å². The van der Waals surface area contributed by atoms with E-state index in [0.29, 0.717) is 41.5 Å². The van der Waals surface area contributed by atoms with Crippen LogP contribution in [0.15, 0.2) is 24.3 Å². The molecular formula is C20H21ClN2O4S. The summed E-state index contributed by atoms with van der Waals surface area (Å²) in [5, 5.41) is 9.48. The number of carboxylic acids is 1. The number of Topliss-reactive ketones (excluding diaryl/α,β-unsaturated/α-hetero) is 1. The average Bonchev–Trinajstić information content (AvgIpc) is 2.98. The van der Waals surface area contributed by atoms with Gasteiger partial charge in [-0.15, -0.1) is 11.3 Å². The zero-order chi connectivity index (χ0) is 20.3. The van der Waals surface area contributed by atoms with Gasteiger partial charge in [0.05, 0.1) is 12.0 Å². The van der Waals surface area contributed by atoms with E-state index in [-0.39, 0.29) is 25.0 Å². The van der Waals surface area contributed by atoms with Gasteiger partial charge in [-0.2, -0.15) is 0 Å². The number of nitrogens with zero attached hydrogens (tertiary/aromatic N) is 1. The SMILES string of the molecule is NC(=O)c1c(CC(=O)Cc2ccc(Cl)cc2)sc2c1CCN(CCC(=O)O)C2. The molecule has 0 fully saturated rings. The van der Waals surface area contributed by atoms with Gasteiger partial charge in [0, 0.05) is 47.3 Å². The summed E-state index contributed by atoms with van der Waals surface area (Å²) < 4.78 is 0. The molecule has 1 aliphatic heterocycles. The van der Waals surface area contributed by atoms with E-state index in [9.17, 15) is 14.4 Å². The maximum absolute atomic E-state index is 12.5. The van der Waals surface area contributed by atoms with E-state index >= 15 is 0 Å². The molecule has 0 saturated carbocycles. The number of carbonyl (C=O) groups is 3. The van der Waals surface area contributed by atoms with Crippen LogP contribution in [0, 0.1) is 0 Å². The first kappa shape index (κ1) is 20.5. The molecule has 1 aliphatic rings. The highest BCUT2D eigenvalue weighted by Gasteiger charge is 2.27. The predicted octanol–water partition coefficient (Wildman–Crippen LogP) is 2.69. The Morgan fingerprint density at radius 3 is 2.54 bits per heavy atom. The number of benzene rings is 1. The quantitative estimate of drug-likeness (QED) is 0.683. The largest absolute Gasteiger partial charge is 0.481 e. The number of rotatable bonds is 8. The third kappa shape index (κ3) is 4.98. The van der Waals surface area contributed by atoms with Gasteiger partial charge in [0.15, 0.2) is 0 Å². The van der Waals surface area contributed by atoms with Crippen molar-refractivity contribution in [1.29, 1.82) is 0 Å². The fourth-order valence-corrected chi connectivity index (χ4v) is 5.00. The number of primary amides is 1. The van der Waals surface area contributed by atoms with Crippen molar-refractivity contribution >= 4 is 40.6 Å². The van der Waals surface area contributed by atoms with Crippen molar-refractivity contribution < 1.29 is 19.5 Å². The van der Waals surface area contributed by atoms with E-state index in [2.05, 4.69) is 4.90 Å². The van der Waals surface area contributed by atoms with Crippen molar-refractivity contribution in [1.82, 2.24) is 4.90 Å². The number of hydrogen-bond acceptors (Lipinski definition) is 5. The first-order valence-corrected chi connectivity index (χ1v) is 10.2. The molecule has 0 atom stereocenters. The van der Waals surface area contributed by atoms with Gasteiger partial charge >= 0.3 is 5.97 Å². The number of thiophene rings is 1. The summed E-state index contributed by atoms with van der Waals surface area (Å²) in [5.74, 6) is -1.33. The van der Waals surface area contributed by atoms with E-state index in [1.54, 1.807) is 12.1 Å². The molecule has 0 spiro atoms. The van der Waals surface area contributed by atoms with E-state index in [4.69, 9.17) is 22.4 Å². The predicted molar refractivity (Wildman–Crippen MR) is 108 cm³/mol. The van der Waals surface area contributed by atoms with Crippen LogP contribution in [0.25, 0.3) is 0 Å². The van der Waals surface area contributed by atoms with Crippen molar-refractivity contribution in [2.45, 2.75) is 32.2 Å². The Bertz CT molecular complexity index is 908. The molecule has 1 aromatic heterocycles. The van der Waals surface area contributed by atoms with Gasteiger partial charge in [0.25, 0.3) is 0 Å². The molecule has 148 valence electrons. The van der Waals surface area contributed by atoms with Crippen LogP contribution in [0.5, 0.6) is 0 Å². The number of nitrogens with two attached hydrogens (primary N) is 1. The van der Waals surface area contributed by atoms with E-state index in [0.717, 1.165) is 16.0 Å². The second-order valence-electron chi connectivity index (χ2n) is 6.85. The average molecular weight is 421 g/mol. The first-order chi connectivity index (χ1) is 13.3.